The van der Waals surface area contributed by atoms with Gasteiger partial charge in [0.1, 0.15) is 4.88 Å². The number of hydrogen-bond acceptors (Lipinski definition) is 4. The number of unbranched alkanes of at least 4 members (excludes halogenated alkanes) is 2. The van der Waals surface area contributed by atoms with Crippen LogP contribution in [0.1, 0.15) is 54.9 Å². The number of carboxylic acids is 1. The van der Waals surface area contributed by atoms with E-state index < -0.39 is 5.97 Å². The normalized spacial score (nSPS) is 10.6. The summed E-state index contributed by atoms with van der Waals surface area (Å²) in [5, 5.41) is 9.98. The number of carbonyl (C=O) groups is 1. The van der Waals surface area contributed by atoms with E-state index in [2.05, 4.69) is 16.8 Å². The van der Waals surface area contributed by atoms with Gasteiger partial charge in [0, 0.05) is 13.6 Å². The average Bonchev–Trinajstić information content (AvgIpc) is 2.74. The molecule has 18 heavy (non-hydrogen) atoms. The fourth-order valence-corrected chi connectivity index (χ4v) is 2.71. The van der Waals surface area contributed by atoms with Crippen molar-refractivity contribution < 1.29 is 9.90 Å². The topological polar surface area (TPSA) is 53.4 Å². The van der Waals surface area contributed by atoms with E-state index in [-0.39, 0.29) is 0 Å². The van der Waals surface area contributed by atoms with Crippen molar-refractivity contribution in [1.82, 2.24) is 4.98 Å². The van der Waals surface area contributed by atoms with Crippen molar-refractivity contribution in [3.63, 3.8) is 0 Å². The first kappa shape index (κ1) is 15.0. The maximum absolute atomic E-state index is 11.1. The highest BCUT2D eigenvalue weighted by atomic mass is 32.1. The van der Waals surface area contributed by atoms with Gasteiger partial charge < -0.3 is 10.0 Å². The number of nitrogens with zero attached hydrogens (tertiary/aromatic N) is 2. The molecule has 0 bridgehead atoms. The molecule has 5 heteroatoms. The second-order valence-electron chi connectivity index (χ2n) is 4.46. The molecule has 1 heterocycles. The van der Waals surface area contributed by atoms with E-state index in [0.717, 1.165) is 36.6 Å². The van der Waals surface area contributed by atoms with Crippen LogP contribution in [-0.4, -0.2) is 29.7 Å². The van der Waals surface area contributed by atoms with Crippen LogP contribution >= 0.6 is 11.3 Å². The third-order valence-electron chi connectivity index (χ3n) is 2.79. The Kier molecular flexibility index (Phi) is 6.12. The highest BCUT2D eigenvalue weighted by Gasteiger charge is 2.18. The molecule has 1 rings (SSSR count). The number of aromatic nitrogens is 1. The Morgan fingerprint density at radius 1 is 1.33 bits per heavy atom. The second-order valence-corrected chi connectivity index (χ2v) is 5.43. The Balaban J connectivity index is 2.76. The molecule has 0 aliphatic carbocycles. The van der Waals surface area contributed by atoms with E-state index in [1.165, 1.54) is 24.2 Å². The zero-order valence-corrected chi connectivity index (χ0v) is 12.2. The molecule has 0 amide bonds. The van der Waals surface area contributed by atoms with Gasteiger partial charge in [-0.2, -0.15) is 0 Å². The van der Waals surface area contributed by atoms with Crippen molar-refractivity contribution in [2.45, 2.75) is 46.0 Å². The molecule has 102 valence electrons. The summed E-state index contributed by atoms with van der Waals surface area (Å²) in [5.41, 5.74) is 0.729. The largest absolute Gasteiger partial charge is 0.477 e. The van der Waals surface area contributed by atoms with Gasteiger partial charge in [-0.15, -0.1) is 0 Å². The molecule has 0 fully saturated rings. The molecule has 0 saturated carbocycles. The van der Waals surface area contributed by atoms with Crippen LogP contribution in [0, 0.1) is 0 Å². The Hall–Kier alpha value is -1.10. The molecule has 0 radical (unpaired) electrons. The number of thiazole rings is 1. The Labute approximate surface area is 113 Å². The van der Waals surface area contributed by atoms with Gasteiger partial charge in [0.05, 0.1) is 5.69 Å². The van der Waals surface area contributed by atoms with Crippen molar-refractivity contribution in [3.05, 3.63) is 10.6 Å². The molecule has 0 aliphatic rings. The van der Waals surface area contributed by atoms with Crippen LogP contribution in [-0.2, 0) is 6.42 Å². The molecule has 1 aromatic rings. The van der Waals surface area contributed by atoms with Gasteiger partial charge in [-0.25, -0.2) is 9.78 Å². The lowest BCUT2D eigenvalue weighted by atomic mass is 10.2. The fourth-order valence-electron chi connectivity index (χ4n) is 1.77. The van der Waals surface area contributed by atoms with E-state index in [0.29, 0.717) is 4.88 Å². The minimum Gasteiger partial charge on any atom is -0.477 e. The molecule has 0 atom stereocenters. The molecular weight excluding hydrogens is 248 g/mol. The van der Waals surface area contributed by atoms with Gasteiger partial charge in [0.25, 0.3) is 0 Å². The standard InChI is InChI=1S/C13H22N2O2S/c1-4-6-7-9-15(3)13-14-10(8-5-2)11(18-13)12(16)17/h4-9H2,1-3H3,(H,16,17). The first-order valence-corrected chi connectivity index (χ1v) is 7.35. The summed E-state index contributed by atoms with van der Waals surface area (Å²) in [6.45, 7) is 5.15. The maximum Gasteiger partial charge on any atom is 0.347 e. The summed E-state index contributed by atoms with van der Waals surface area (Å²) in [4.78, 5) is 18.1. The van der Waals surface area contributed by atoms with Gasteiger partial charge in [-0.1, -0.05) is 44.4 Å². The highest BCUT2D eigenvalue weighted by Crippen LogP contribution is 2.26. The zero-order chi connectivity index (χ0) is 13.5. The van der Waals surface area contributed by atoms with Crippen LogP contribution in [0.5, 0.6) is 0 Å². The third kappa shape index (κ3) is 3.98. The number of carboxylic acid groups (broad SMARTS) is 1. The fraction of sp³-hybridized carbons (Fsp3) is 0.692. The Bertz CT molecular complexity index is 390. The Morgan fingerprint density at radius 3 is 2.61 bits per heavy atom. The van der Waals surface area contributed by atoms with E-state index >= 15 is 0 Å². The minimum atomic E-state index is -0.857. The van der Waals surface area contributed by atoms with Gasteiger partial charge >= 0.3 is 5.97 Å². The first-order chi connectivity index (χ1) is 8.60. The van der Waals surface area contributed by atoms with Crippen LogP contribution in [0.3, 0.4) is 0 Å². The van der Waals surface area contributed by atoms with Crippen molar-refractivity contribution in [2.75, 3.05) is 18.5 Å². The SMILES string of the molecule is CCCCCN(C)c1nc(CCC)c(C(=O)O)s1. The summed E-state index contributed by atoms with van der Waals surface area (Å²) in [7, 11) is 1.98. The zero-order valence-electron chi connectivity index (χ0n) is 11.4. The van der Waals surface area contributed by atoms with Crippen LogP contribution < -0.4 is 4.90 Å². The lowest BCUT2D eigenvalue weighted by Crippen LogP contribution is -2.18. The molecule has 4 nitrogen and oxygen atoms in total. The highest BCUT2D eigenvalue weighted by molar-refractivity contribution is 7.17. The molecule has 1 aromatic heterocycles. The molecule has 1 N–H and O–H groups in total. The summed E-state index contributed by atoms with van der Waals surface area (Å²) < 4.78 is 0. The summed E-state index contributed by atoms with van der Waals surface area (Å²) in [6.07, 6.45) is 5.17. The van der Waals surface area contributed by atoms with E-state index in [9.17, 15) is 4.79 Å². The predicted octanol–water partition coefficient (Wildman–Crippen LogP) is 3.42. The van der Waals surface area contributed by atoms with Crippen molar-refractivity contribution in [1.29, 1.82) is 0 Å². The number of anilines is 1. The Morgan fingerprint density at radius 2 is 2.06 bits per heavy atom. The van der Waals surface area contributed by atoms with Crippen molar-refractivity contribution in [2.24, 2.45) is 0 Å². The van der Waals surface area contributed by atoms with Crippen LogP contribution in [0.2, 0.25) is 0 Å². The maximum atomic E-state index is 11.1. The van der Waals surface area contributed by atoms with Crippen LogP contribution in [0.15, 0.2) is 0 Å². The molecule has 0 spiro atoms. The molecule has 0 aromatic carbocycles. The van der Waals surface area contributed by atoms with Crippen LogP contribution in [0.25, 0.3) is 0 Å². The van der Waals surface area contributed by atoms with Crippen LogP contribution in [0.4, 0.5) is 5.13 Å². The average molecular weight is 270 g/mol. The lowest BCUT2D eigenvalue weighted by molar-refractivity contribution is 0.0700. The number of aromatic carboxylic acids is 1. The van der Waals surface area contributed by atoms with Crippen molar-refractivity contribution >= 4 is 22.4 Å². The quantitative estimate of drug-likeness (QED) is 0.735. The molecule has 0 unspecified atom stereocenters. The van der Waals surface area contributed by atoms with Gasteiger partial charge in [0.15, 0.2) is 5.13 Å². The monoisotopic (exact) mass is 270 g/mol. The second kappa shape index (κ2) is 7.36. The number of hydrogen-bond donors (Lipinski definition) is 1. The minimum absolute atomic E-state index is 0.397. The smallest absolute Gasteiger partial charge is 0.347 e. The lowest BCUT2D eigenvalue weighted by Gasteiger charge is -2.14. The van der Waals surface area contributed by atoms with Gasteiger partial charge in [-0.05, 0) is 12.8 Å². The predicted molar refractivity (Wildman–Crippen MR) is 75.9 cm³/mol. The molecule has 0 aliphatic heterocycles. The first-order valence-electron chi connectivity index (χ1n) is 6.54. The third-order valence-corrected chi connectivity index (χ3v) is 3.99. The van der Waals surface area contributed by atoms with Gasteiger partial charge in [-0.3, -0.25) is 0 Å². The van der Waals surface area contributed by atoms with E-state index in [1.54, 1.807) is 0 Å². The van der Waals surface area contributed by atoms with E-state index in [4.69, 9.17) is 5.11 Å². The van der Waals surface area contributed by atoms with Gasteiger partial charge in [0.2, 0.25) is 0 Å². The molecular formula is C13H22N2O2S. The summed E-state index contributed by atoms with van der Waals surface area (Å²) >= 11 is 1.29. The number of rotatable bonds is 8. The summed E-state index contributed by atoms with van der Waals surface area (Å²) in [6, 6.07) is 0. The molecule has 0 saturated heterocycles. The summed E-state index contributed by atoms with van der Waals surface area (Å²) in [5.74, 6) is -0.857. The van der Waals surface area contributed by atoms with E-state index in [1.807, 2.05) is 14.0 Å². The van der Waals surface area contributed by atoms with Crippen molar-refractivity contribution in [3.8, 4) is 0 Å². The number of aryl methyl sites for hydroxylation is 1.